The summed E-state index contributed by atoms with van der Waals surface area (Å²) >= 11 is 0. The number of likely N-dealkylation sites (tertiary alicyclic amines) is 1. The maximum Gasteiger partial charge on any atom is 0.416 e. The second-order valence-corrected chi connectivity index (χ2v) is 12.7. The van der Waals surface area contributed by atoms with Gasteiger partial charge in [-0.15, -0.1) is 0 Å². The first kappa shape index (κ1) is 27.1. The van der Waals surface area contributed by atoms with Crippen LogP contribution in [0.2, 0.25) is 0 Å². The average molecular weight is 536 g/mol. The van der Waals surface area contributed by atoms with E-state index in [-0.39, 0.29) is 37.9 Å². The summed E-state index contributed by atoms with van der Waals surface area (Å²) in [4.78, 5) is 13.5. The van der Waals surface area contributed by atoms with E-state index in [0.717, 1.165) is 42.7 Å². The van der Waals surface area contributed by atoms with Gasteiger partial charge in [-0.3, -0.25) is 4.79 Å². The van der Waals surface area contributed by atoms with Crippen molar-refractivity contribution in [3.05, 3.63) is 59.4 Å². The summed E-state index contributed by atoms with van der Waals surface area (Å²) in [6.07, 6.45) is -3.11. The molecular weight excluding hydrogens is 510 g/mol. The molecule has 1 amide bonds. The van der Waals surface area contributed by atoms with Crippen LogP contribution in [0.25, 0.3) is 0 Å². The Balaban J connectivity index is 1.80. The van der Waals surface area contributed by atoms with Crippen LogP contribution < -0.4 is 0 Å². The summed E-state index contributed by atoms with van der Waals surface area (Å²) in [6, 6.07) is 6.53. The smallest absolute Gasteiger partial charge is 0.339 e. The minimum absolute atomic E-state index is 0.124. The number of hydrogen-bond donors (Lipinski definition) is 0. The van der Waals surface area contributed by atoms with E-state index in [1.165, 1.54) is 4.90 Å². The van der Waals surface area contributed by atoms with Crippen LogP contribution in [0.1, 0.15) is 42.1 Å². The number of rotatable bonds is 6. The molecule has 0 radical (unpaired) electrons. The summed E-state index contributed by atoms with van der Waals surface area (Å²) in [7, 11) is -7.96. The Morgan fingerprint density at radius 3 is 2.23 bits per heavy atom. The fourth-order valence-corrected chi connectivity index (χ4v) is 7.46. The Labute approximate surface area is 201 Å². The van der Waals surface area contributed by atoms with E-state index in [1.54, 1.807) is 6.92 Å². The fourth-order valence-electron chi connectivity index (χ4n) is 4.45. The lowest BCUT2D eigenvalue weighted by Crippen LogP contribution is -2.43. The lowest BCUT2D eigenvalue weighted by Gasteiger charge is -2.36. The van der Waals surface area contributed by atoms with E-state index in [4.69, 9.17) is 0 Å². The Hall–Kier alpha value is -2.47. The van der Waals surface area contributed by atoms with Crippen molar-refractivity contribution in [3.63, 3.8) is 0 Å². The van der Waals surface area contributed by atoms with Crippen molar-refractivity contribution in [1.29, 1.82) is 0 Å². The Kier molecular flexibility index (Phi) is 7.66. The molecule has 0 N–H and O–H groups in total. The molecule has 0 aromatic heterocycles. The van der Waals surface area contributed by atoms with Crippen LogP contribution in [0, 0.1) is 11.7 Å². The van der Waals surface area contributed by atoms with Crippen LogP contribution in [0.3, 0.4) is 0 Å². The molecule has 2 aromatic rings. The van der Waals surface area contributed by atoms with Crippen molar-refractivity contribution in [1.82, 2.24) is 4.90 Å². The van der Waals surface area contributed by atoms with Gasteiger partial charge in [-0.25, -0.2) is 21.2 Å². The summed E-state index contributed by atoms with van der Waals surface area (Å²) in [5.74, 6) is -1.82. The van der Waals surface area contributed by atoms with E-state index in [2.05, 4.69) is 0 Å². The number of benzene rings is 2. The molecule has 1 fully saturated rings. The molecule has 6 nitrogen and oxygen atoms in total. The number of alkyl halides is 3. The van der Waals surface area contributed by atoms with Gasteiger partial charge in [0.25, 0.3) is 5.91 Å². The highest BCUT2D eigenvalue weighted by Gasteiger charge is 2.38. The second-order valence-electron chi connectivity index (χ2n) is 8.56. The number of hydrogen-bond acceptors (Lipinski definition) is 5. The lowest BCUT2D eigenvalue weighted by molar-refractivity contribution is -0.137. The first-order valence-electron chi connectivity index (χ1n) is 10.9. The molecular formula is C23H25F4NO5S2. The van der Waals surface area contributed by atoms with Crippen LogP contribution in [-0.2, 0) is 25.9 Å². The van der Waals surface area contributed by atoms with Crippen LogP contribution in [0.15, 0.2) is 52.3 Å². The zero-order valence-corrected chi connectivity index (χ0v) is 20.7. The molecule has 0 saturated carbocycles. The van der Waals surface area contributed by atoms with Crippen LogP contribution in [0.4, 0.5) is 17.6 Å². The van der Waals surface area contributed by atoms with Gasteiger partial charge in [-0.2, -0.15) is 13.2 Å². The number of carbonyl (C=O) groups is 1. The van der Waals surface area contributed by atoms with E-state index in [1.807, 2.05) is 0 Å². The molecule has 1 aliphatic heterocycles. The molecule has 1 heterocycles. The number of piperidine rings is 1. The lowest BCUT2D eigenvalue weighted by atomic mass is 9.91. The van der Waals surface area contributed by atoms with Gasteiger partial charge >= 0.3 is 6.18 Å². The quantitative estimate of drug-likeness (QED) is 0.513. The molecule has 0 bridgehead atoms. The number of sulfone groups is 2. The predicted molar refractivity (Wildman–Crippen MR) is 121 cm³/mol. The van der Waals surface area contributed by atoms with Gasteiger partial charge in [0, 0.05) is 19.3 Å². The third-order valence-electron chi connectivity index (χ3n) is 6.22. The van der Waals surface area contributed by atoms with Crippen molar-refractivity contribution < 1.29 is 39.2 Å². The van der Waals surface area contributed by atoms with Gasteiger partial charge in [0.1, 0.15) is 5.82 Å². The van der Waals surface area contributed by atoms with Gasteiger partial charge < -0.3 is 4.90 Å². The van der Waals surface area contributed by atoms with E-state index in [0.29, 0.717) is 6.07 Å². The first-order valence-corrected chi connectivity index (χ1v) is 14.3. The summed E-state index contributed by atoms with van der Waals surface area (Å²) < 4.78 is 103. The van der Waals surface area contributed by atoms with E-state index >= 15 is 0 Å². The predicted octanol–water partition coefficient (Wildman–Crippen LogP) is 4.35. The molecule has 0 spiro atoms. The largest absolute Gasteiger partial charge is 0.416 e. The van der Waals surface area contributed by atoms with Crippen molar-refractivity contribution in [2.24, 2.45) is 5.92 Å². The van der Waals surface area contributed by atoms with Crippen molar-refractivity contribution in [2.45, 2.75) is 47.4 Å². The number of halogens is 4. The molecule has 1 unspecified atom stereocenters. The number of carbonyl (C=O) groups excluding carboxylic acids is 1. The third kappa shape index (κ3) is 5.85. The van der Waals surface area contributed by atoms with Gasteiger partial charge in [-0.1, -0.05) is 13.0 Å². The zero-order valence-electron chi connectivity index (χ0n) is 19.0. The second kappa shape index (κ2) is 9.88. The normalized spacial score (nSPS) is 16.8. The molecule has 0 aliphatic carbocycles. The minimum Gasteiger partial charge on any atom is -0.339 e. The average Bonchev–Trinajstić information content (AvgIpc) is 2.78. The molecule has 1 saturated heterocycles. The summed E-state index contributed by atoms with van der Waals surface area (Å²) in [5.41, 5.74) is -1.22. The van der Waals surface area contributed by atoms with Crippen LogP contribution in [0.5, 0.6) is 0 Å². The molecule has 12 heteroatoms. The van der Waals surface area contributed by atoms with Gasteiger partial charge in [0.05, 0.1) is 26.2 Å². The monoisotopic (exact) mass is 535 g/mol. The van der Waals surface area contributed by atoms with Gasteiger partial charge in [-0.05, 0) is 61.6 Å². The fraction of sp³-hybridized carbons (Fsp3) is 0.435. The summed E-state index contributed by atoms with van der Waals surface area (Å²) in [6.45, 7) is 1.89. The minimum atomic E-state index is -4.68. The van der Waals surface area contributed by atoms with Gasteiger partial charge in [0.2, 0.25) is 0 Å². The number of nitrogens with zero attached hydrogens (tertiary/aromatic N) is 1. The topological polar surface area (TPSA) is 88.6 Å². The highest BCUT2D eigenvalue weighted by Crippen LogP contribution is 2.35. The molecule has 3 rings (SSSR count). The number of amides is 1. The van der Waals surface area contributed by atoms with Crippen molar-refractivity contribution in [2.75, 3.05) is 19.3 Å². The zero-order chi connectivity index (χ0) is 26.2. The third-order valence-corrected chi connectivity index (χ3v) is 9.78. The molecule has 192 valence electrons. The highest BCUT2D eigenvalue weighted by molar-refractivity contribution is 7.92. The molecule has 1 aliphatic rings. The van der Waals surface area contributed by atoms with Crippen LogP contribution >= 0.6 is 0 Å². The Bertz CT molecular complexity index is 1320. The SMILES string of the molecule is CCC(C1CCN(C(=O)c2ccc(F)cc2S(C)(=O)=O)CC1)S(=O)(=O)c1cccc(C(F)(F)F)c1. The maximum atomic E-state index is 13.6. The standard InChI is InChI=1S/C23H25F4NO5S2/c1-3-20(35(32,33)18-6-4-5-16(13-18)23(25,26)27)15-9-11-28(12-10-15)22(29)19-8-7-17(24)14-21(19)34(2,30)31/h4-8,13-15,20H,3,9-12H2,1-2H3. The molecule has 35 heavy (non-hydrogen) atoms. The van der Waals surface area contributed by atoms with E-state index in [9.17, 15) is 39.2 Å². The molecule has 1 atom stereocenters. The van der Waals surface area contributed by atoms with Crippen molar-refractivity contribution in [3.8, 4) is 0 Å². The van der Waals surface area contributed by atoms with Gasteiger partial charge in [0.15, 0.2) is 19.7 Å². The van der Waals surface area contributed by atoms with E-state index < -0.39 is 64.1 Å². The van der Waals surface area contributed by atoms with Crippen LogP contribution in [-0.4, -0.2) is 52.2 Å². The first-order chi connectivity index (χ1) is 16.2. The maximum absolute atomic E-state index is 13.6. The highest BCUT2D eigenvalue weighted by atomic mass is 32.2. The summed E-state index contributed by atoms with van der Waals surface area (Å²) in [5, 5.41) is -0.944. The molecule has 2 aromatic carbocycles. The Morgan fingerprint density at radius 2 is 1.69 bits per heavy atom. The van der Waals surface area contributed by atoms with Crippen molar-refractivity contribution >= 4 is 25.6 Å². The Morgan fingerprint density at radius 1 is 1.06 bits per heavy atom.